The maximum atomic E-state index is 12.9. The van der Waals surface area contributed by atoms with Gasteiger partial charge in [-0.1, -0.05) is 207 Å². The molecule has 1 aliphatic heterocycles. The number of aliphatic hydroxyl groups excluding tert-OH is 2. The van der Waals surface area contributed by atoms with Crippen molar-refractivity contribution in [1.29, 1.82) is 0 Å². The number of phosphoric acid groups is 2. The minimum atomic E-state index is -5.42. The number of aromatic nitrogens is 2. The highest BCUT2D eigenvalue weighted by Gasteiger charge is 2.46. The summed E-state index contributed by atoms with van der Waals surface area (Å²) in [5.74, 6) is 0.317. The molecule has 1 aromatic heterocycles. The minimum Gasteiger partial charge on any atom is -0.462 e. The second-order valence-electron chi connectivity index (χ2n) is 20.8. The van der Waals surface area contributed by atoms with Gasteiger partial charge in [0.2, 0.25) is 0 Å². The van der Waals surface area contributed by atoms with E-state index in [1.165, 1.54) is 141 Å². The summed E-state index contributed by atoms with van der Waals surface area (Å²) in [6, 6.07) is 1.25. The van der Waals surface area contributed by atoms with Gasteiger partial charge in [0.15, 0.2) is 12.3 Å². The molecule has 2 rings (SSSR count). The minimum absolute atomic E-state index is 0.0574. The van der Waals surface area contributed by atoms with E-state index in [9.17, 15) is 43.5 Å². The highest BCUT2D eigenvalue weighted by Crippen LogP contribution is 2.60. The predicted molar refractivity (Wildman–Crippen MR) is 280 cm³/mol. The Kier molecular flexibility index (Phi) is 35.8. The number of nitrogens with zero attached hydrogens (tertiary/aromatic N) is 2. The van der Waals surface area contributed by atoms with Crippen LogP contribution in [0.4, 0.5) is 5.82 Å². The van der Waals surface area contributed by atoms with Gasteiger partial charge in [0.05, 0.1) is 13.2 Å². The van der Waals surface area contributed by atoms with Gasteiger partial charge in [-0.3, -0.25) is 23.2 Å². The fourth-order valence-corrected chi connectivity index (χ4v) is 10.9. The molecule has 420 valence electrons. The van der Waals surface area contributed by atoms with E-state index >= 15 is 0 Å². The number of nitrogen functional groups attached to an aromatic ring is 1. The lowest BCUT2D eigenvalue weighted by molar-refractivity contribution is -0.161. The van der Waals surface area contributed by atoms with Crippen LogP contribution in [0.3, 0.4) is 0 Å². The summed E-state index contributed by atoms with van der Waals surface area (Å²) in [7, 11) is -10.8. The zero-order valence-electron chi connectivity index (χ0n) is 44.6. The second kappa shape index (κ2) is 39.2. The zero-order chi connectivity index (χ0) is 53.0. The van der Waals surface area contributed by atoms with Crippen molar-refractivity contribution in [2.45, 2.75) is 264 Å². The number of aliphatic hydroxyl groups is 2. The van der Waals surface area contributed by atoms with Crippen molar-refractivity contribution >= 4 is 33.4 Å². The average Bonchev–Trinajstić information content (AvgIpc) is 3.59. The Labute approximate surface area is 431 Å². The summed E-state index contributed by atoms with van der Waals surface area (Å²) < 4.78 is 57.0. The highest BCUT2D eigenvalue weighted by atomic mass is 31.3. The van der Waals surface area contributed by atoms with Crippen LogP contribution in [-0.2, 0) is 46.3 Å². The van der Waals surface area contributed by atoms with Crippen LogP contribution in [0.15, 0.2) is 17.1 Å². The predicted octanol–water partition coefficient (Wildman–Crippen LogP) is 11.9. The molecular weight excluding hydrogens is 969 g/mol. The van der Waals surface area contributed by atoms with Crippen LogP contribution >= 0.6 is 15.6 Å². The summed E-state index contributed by atoms with van der Waals surface area (Å²) in [6.45, 7) is 6.85. The van der Waals surface area contributed by atoms with Crippen LogP contribution in [-0.4, -0.2) is 85.7 Å². The second-order valence-corrected chi connectivity index (χ2v) is 23.8. The number of hydrogen-bond donors (Lipinski definition) is 5. The van der Waals surface area contributed by atoms with E-state index in [1.54, 1.807) is 0 Å². The van der Waals surface area contributed by atoms with E-state index in [2.05, 4.69) is 37.0 Å². The van der Waals surface area contributed by atoms with E-state index < -0.39 is 83.7 Å². The molecule has 1 aliphatic rings. The molecule has 0 spiro atoms. The monoisotopic (exact) mass is 1070 g/mol. The highest BCUT2D eigenvalue weighted by molar-refractivity contribution is 7.61. The number of ether oxygens (including phenoxy) is 3. The van der Waals surface area contributed by atoms with Gasteiger partial charge in [-0.25, -0.2) is 13.9 Å². The van der Waals surface area contributed by atoms with E-state index in [-0.39, 0.29) is 18.7 Å². The SMILES string of the molecule is CC(C)CCCCCCCCCCCCCCCCCC(=O)O[C@H](COC(=O)CCCCCCCCCCCCCCCC(C)C)COP(=O)(O)OP(=O)(O)OC[C@H]1O[C@@H](n2ccc(N)nc2=O)C(O)[C@H]1O. The molecule has 18 nitrogen and oxygen atoms in total. The molecule has 20 heteroatoms. The lowest BCUT2D eigenvalue weighted by Gasteiger charge is -2.21. The van der Waals surface area contributed by atoms with Crippen LogP contribution in [0.1, 0.15) is 239 Å². The molecule has 0 radical (unpaired) electrons. The van der Waals surface area contributed by atoms with Gasteiger partial charge >= 0.3 is 33.3 Å². The Bertz CT molecular complexity index is 1740. The van der Waals surface area contributed by atoms with Crippen molar-refractivity contribution in [3.8, 4) is 0 Å². The quantitative estimate of drug-likeness (QED) is 0.0231. The van der Waals surface area contributed by atoms with Crippen molar-refractivity contribution in [2.75, 3.05) is 25.6 Å². The smallest absolute Gasteiger partial charge is 0.462 e. The molecule has 0 bridgehead atoms. The number of rotatable bonds is 46. The summed E-state index contributed by atoms with van der Waals surface area (Å²) >= 11 is 0. The lowest BCUT2D eigenvalue weighted by Crippen LogP contribution is -2.36. The number of carbonyl (C=O) groups excluding carboxylic acids is 2. The van der Waals surface area contributed by atoms with Crippen molar-refractivity contribution < 1.29 is 66.3 Å². The number of anilines is 1. The van der Waals surface area contributed by atoms with E-state index in [0.29, 0.717) is 12.8 Å². The first-order chi connectivity index (χ1) is 34.4. The Morgan fingerprint density at radius 3 is 1.46 bits per heavy atom. The standard InChI is InChI=1S/C52H97N3O15P2/c1-42(2)33-29-25-21-17-13-9-6-5-7-11-16-20-24-28-32-36-48(57)68-44(39-65-47(56)35-31-27-23-19-15-12-8-10-14-18-22-26-30-34-43(3)4)40-66-71(61,62)70-72(63,64)67-41-45-49(58)50(59)51(69-45)55-38-37-46(53)54-52(55)60/h37-38,42-45,49-51,58-59H,5-36,39-41H2,1-4H3,(H,61,62)(H,63,64)(H2,53,54,60)/t44-,45-,49+,50?,51-/m1/s1. The van der Waals surface area contributed by atoms with Crippen molar-refractivity contribution in [3.63, 3.8) is 0 Å². The molecule has 2 heterocycles. The van der Waals surface area contributed by atoms with E-state index in [1.807, 2.05) is 0 Å². The number of phosphoric ester groups is 2. The van der Waals surface area contributed by atoms with Crippen LogP contribution in [0, 0.1) is 11.8 Å². The average molecular weight is 1070 g/mol. The molecule has 6 N–H and O–H groups in total. The largest absolute Gasteiger partial charge is 0.481 e. The Morgan fingerprint density at radius 2 is 1.03 bits per heavy atom. The molecule has 1 aromatic rings. The van der Waals surface area contributed by atoms with Gasteiger partial charge in [-0.15, -0.1) is 0 Å². The number of hydrogen-bond acceptors (Lipinski definition) is 15. The third-order valence-corrected chi connectivity index (χ3v) is 15.6. The van der Waals surface area contributed by atoms with Gasteiger partial charge in [0, 0.05) is 19.0 Å². The maximum absolute atomic E-state index is 12.9. The lowest BCUT2D eigenvalue weighted by atomic mass is 10.0. The van der Waals surface area contributed by atoms with Gasteiger partial charge in [-0.05, 0) is 30.7 Å². The normalized spacial score (nSPS) is 19.1. The molecule has 0 amide bonds. The summed E-state index contributed by atoms with van der Waals surface area (Å²) in [4.78, 5) is 62.1. The summed E-state index contributed by atoms with van der Waals surface area (Å²) in [5.41, 5.74) is 4.60. The molecule has 72 heavy (non-hydrogen) atoms. The Hall–Kier alpha value is -2.24. The van der Waals surface area contributed by atoms with Crippen LogP contribution in [0.2, 0.25) is 0 Å². The zero-order valence-corrected chi connectivity index (χ0v) is 46.4. The van der Waals surface area contributed by atoms with E-state index in [4.69, 9.17) is 29.0 Å². The molecule has 1 saturated heterocycles. The fourth-order valence-electron chi connectivity index (χ4n) is 8.74. The molecule has 7 atom stereocenters. The van der Waals surface area contributed by atoms with E-state index in [0.717, 1.165) is 67.8 Å². The number of nitrogens with two attached hydrogens (primary N) is 1. The maximum Gasteiger partial charge on any atom is 0.481 e. The third-order valence-electron chi connectivity index (χ3n) is 13.0. The van der Waals surface area contributed by atoms with Crippen molar-refractivity contribution in [1.82, 2.24) is 9.55 Å². The summed E-state index contributed by atoms with van der Waals surface area (Å²) in [6.07, 6.45) is 29.0. The molecule has 1 fully saturated rings. The summed E-state index contributed by atoms with van der Waals surface area (Å²) in [5, 5.41) is 20.9. The molecule has 0 aliphatic carbocycles. The van der Waals surface area contributed by atoms with Gasteiger partial charge in [-0.2, -0.15) is 9.29 Å². The van der Waals surface area contributed by atoms with Crippen molar-refractivity contribution in [2.24, 2.45) is 11.8 Å². The fraction of sp³-hybridized carbons (Fsp3) is 0.885. The van der Waals surface area contributed by atoms with Crippen molar-refractivity contribution in [3.05, 3.63) is 22.7 Å². The van der Waals surface area contributed by atoms with Gasteiger partial charge < -0.3 is 39.9 Å². The molecule has 0 saturated carbocycles. The first-order valence-corrected chi connectivity index (χ1v) is 30.8. The number of carbonyl (C=O) groups is 2. The molecular formula is C52H97N3O15P2. The topological polar surface area (TPSA) is 265 Å². The van der Waals surface area contributed by atoms with Crippen LogP contribution in [0.25, 0.3) is 0 Å². The van der Waals surface area contributed by atoms with Crippen LogP contribution in [0.5, 0.6) is 0 Å². The molecule has 0 aromatic carbocycles. The number of unbranched alkanes of at least 4 members (excludes halogenated alkanes) is 26. The van der Waals surface area contributed by atoms with Gasteiger partial charge in [0.1, 0.15) is 30.7 Å². The Balaban J connectivity index is 1.76. The first kappa shape index (κ1) is 65.9. The third kappa shape index (κ3) is 32.9. The van der Waals surface area contributed by atoms with Gasteiger partial charge in [0.25, 0.3) is 0 Å². The van der Waals surface area contributed by atoms with Crippen LogP contribution < -0.4 is 11.4 Å². The number of esters is 2. The first-order valence-electron chi connectivity index (χ1n) is 27.8. The molecule has 3 unspecified atom stereocenters. The Morgan fingerprint density at radius 1 is 0.625 bits per heavy atom.